The Bertz CT molecular complexity index is 616. The van der Waals surface area contributed by atoms with Crippen molar-refractivity contribution in [2.45, 2.75) is 20.3 Å². The van der Waals surface area contributed by atoms with Crippen molar-refractivity contribution in [2.75, 3.05) is 12.3 Å². The average Bonchev–Trinajstić information content (AvgIpc) is 2.81. The Morgan fingerprint density at radius 1 is 1.45 bits per heavy atom. The van der Waals surface area contributed by atoms with Gasteiger partial charge in [-0.05, 0) is 26.0 Å². The fourth-order valence-electron chi connectivity index (χ4n) is 1.66. The van der Waals surface area contributed by atoms with Gasteiger partial charge in [0, 0.05) is 29.8 Å². The number of nitrogens with zero attached hydrogens (tertiary/aromatic N) is 2. The Morgan fingerprint density at radius 3 is 2.80 bits per heavy atom. The predicted molar refractivity (Wildman–Crippen MR) is 70.6 cm³/mol. The molecule has 1 amide bonds. The Hall–Kier alpha value is -2.44. The highest BCUT2D eigenvalue weighted by Crippen LogP contribution is 2.17. The zero-order valence-electron chi connectivity index (χ0n) is 11.2. The number of carbonyl (C=O) groups is 1. The number of halogens is 1. The second-order valence-electron chi connectivity index (χ2n) is 4.41. The Morgan fingerprint density at radius 2 is 2.20 bits per heavy atom. The molecule has 0 aliphatic carbocycles. The number of carbonyl (C=O) groups excluding carboxylic acids is 1. The maximum atomic E-state index is 13.5. The van der Waals surface area contributed by atoms with E-state index in [0.29, 0.717) is 30.2 Å². The lowest BCUT2D eigenvalue weighted by molar-refractivity contribution is 0.0953. The number of aromatic nitrogens is 2. The molecular weight excluding hydrogens is 263 g/mol. The van der Waals surface area contributed by atoms with E-state index in [2.05, 4.69) is 15.5 Å². The summed E-state index contributed by atoms with van der Waals surface area (Å²) < 4.78 is 18.4. The number of nitrogens with one attached hydrogen (secondary N) is 1. The molecule has 7 heteroatoms. The maximum Gasteiger partial charge on any atom is 0.251 e. The molecule has 0 saturated carbocycles. The van der Waals surface area contributed by atoms with Gasteiger partial charge in [0.15, 0.2) is 5.82 Å². The lowest BCUT2D eigenvalue weighted by atomic mass is 10.1. The molecule has 0 fully saturated rings. The third-order valence-corrected chi connectivity index (χ3v) is 2.84. The second-order valence-corrected chi connectivity index (χ2v) is 4.41. The van der Waals surface area contributed by atoms with Crippen LogP contribution < -0.4 is 11.1 Å². The summed E-state index contributed by atoms with van der Waals surface area (Å²) in [6.07, 6.45) is 0.413. The number of aryl methyl sites for hydroxylation is 1. The molecule has 0 saturated heterocycles. The summed E-state index contributed by atoms with van der Waals surface area (Å²) in [6.45, 7) is 3.59. The lowest BCUT2D eigenvalue weighted by Gasteiger charge is -2.07. The van der Waals surface area contributed by atoms with Gasteiger partial charge >= 0.3 is 0 Å². The van der Waals surface area contributed by atoms with Gasteiger partial charge in [0.2, 0.25) is 5.89 Å². The first-order valence-corrected chi connectivity index (χ1v) is 6.10. The van der Waals surface area contributed by atoms with Crippen LogP contribution in [0.1, 0.15) is 27.6 Å². The van der Waals surface area contributed by atoms with Crippen molar-refractivity contribution in [3.05, 3.63) is 40.8 Å². The van der Waals surface area contributed by atoms with Crippen LogP contribution in [0.3, 0.4) is 0 Å². The van der Waals surface area contributed by atoms with Gasteiger partial charge < -0.3 is 15.6 Å². The number of hydrogen-bond acceptors (Lipinski definition) is 5. The van der Waals surface area contributed by atoms with E-state index in [1.165, 1.54) is 6.07 Å². The van der Waals surface area contributed by atoms with Gasteiger partial charge in [0.25, 0.3) is 5.91 Å². The second kappa shape index (κ2) is 5.68. The van der Waals surface area contributed by atoms with Crippen molar-refractivity contribution in [1.82, 2.24) is 15.5 Å². The normalized spacial score (nSPS) is 10.6. The molecule has 1 heterocycles. The van der Waals surface area contributed by atoms with E-state index in [4.69, 9.17) is 10.3 Å². The van der Waals surface area contributed by atoms with Crippen LogP contribution in [0.25, 0.3) is 0 Å². The summed E-state index contributed by atoms with van der Waals surface area (Å²) in [5.41, 5.74) is 6.40. The molecule has 1 aromatic carbocycles. The van der Waals surface area contributed by atoms with E-state index in [1.54, 1.807) is 13.8 Å². The third-order valence-electron chi connectivity index (χ3n) is 2.84. The maximum absolute atomic E-state index is 13.5. The van der Waals surface area contributed by atoms with Crippen molar-refractivity contribution in [3.63, 3.8) is 0 Å². The minimum Gasteiger partial charge on any atom is -0.398 e. The van der Waals surface area contributed by atoms with Gasteiger partial charge in [-0.1, -0.05) is 5.16 Å². The molecule has 0 unspecified atom stereocenters. The van der Waals surface area contributed by atoms with E-state index in [0.717, 1.165) is 6.07 Å². The van der Waals surface area contributed by atoms with Crippen LogP contribution in [0.5, 0.6) is 0 Å². The summed E-state index contributed by atoms with van der Waals surface area (Å²) in [6, 6.07) is 2.61. The van der Waals surface area contributed by atoms with Crippen molar-refractivity contribution in [3.8, 4) is 0 Å². The third kappa shape index (κ3) is 3.11. The number of nitrogen functional groups attached to an aromatic ring is 1. The first kappa shape index (κ1) is 14.0. The zero-order valence-corrected chi connectivity index (χ0v) is 11.2. The van der Waals surface area contributed by atoms with E-state index in [9.17, 15) is 9.18 Å². The molecule has 0 spiro atoms. The van der Waals surface area contributed by atoms with Crippen molar-refractivity contribution in [1.29, 1.82) is 0 Å². The summed E-state index contributed by atoms with van der Waals surface area (Å²) in [4.78, 5) is 15.9. The van der Waals surface area contributed by atoms with Crippen LogP contribution in [0.2, 0.25) is 0 Å². The van der Waals surface area contributed by atoms with Gasteiger partial charge in [-0.15, -0.1) is 0 Å². The monoisotopic (exact) mass is 278 g/mol. The number of amides is 1. The number of rotatable bonds is 4. The zero-order chi connectivity index (χ0) is 14.7. The van der Waals surface area contributed by atoms with Crippen molar-refractivity contribution in [2.24, 2.45) is 0 Å². The summed E-state index contributed by atoms with van der Waals surface area (Å²) in [5.74, 6) is 0.0895. The molecule has 2 rings (SSSR count). The molecule has 20 heavy (non-hydrogen) atoms. The highest BCUT2D eigenvalue weighted by molar-refractivity contribution is 5.95. The molecule has 2 aromatic rings. The quantitative estimate of drug-likeness (QED) is 0.824. The largest absolute Gasteiger partial charge is 0.398 e. The summed E-state index contributed by atoms with van der Waals surface area (Å²) >= 11 is 0. The minimum absolute atomic E-state index is 0.187. The van der Waals surface area contributed by atoms with Gasteiger partial charge in [0.05, 0.1) is 0 Å². The standard InChI is InChI=1S/C13H15FN4O2/c1-7-10(14)5-9(6-11(7)15)13(19)16-4-3-12-17-8(2)18-20-12/h5-6H,3-4,15H2,1-2H3,(H,16,19). The smallest absolute Gasteiger partial charge is 0.251 e. The van der Waals surface area contributed by atoms with Gasteiger partial charge in [0.1, 0.15) is 5.82 Å². The van der Waals surface area contributed by atoms with Crippen LogP contribution in [0.15, 0.2) is 16.7 Å². The van der Waals surface area contributed by atoms with Crippen LogP contribution >= 0.6 is 0 Å². The molecule has 1 aromatic heterocycles. The first-order valence-electron chi connectivity index (χ1n) is 6.10. The van der Waals surface area contributed by atoms with Crippen molar-refractivity contribution >= 4 is 11.6 Å². The van der Waals surface area contributed by atoms with Crippen LogP contribution in [-0.2, 0) is 6.42 Å². The highest BCUT2D eigenvalue weighted by Gasteiger charge is 2.11. The molecule has 106 valence electrons. The van der Waals surface area contributed by atoms with E-state index in [1.807, 2.05) is 0 Å². The van der Waals surface area contributed by atoms with E-state index in [-0.39, 0.29) is 11.3 Å². The first-order chi connectivity index (χ1) is 9.47. The number of nitrogens with two attached hydrogens (primary N) is 1. The number of hydrogen-bond donors (Lipinski definition) is 2. The minimum atomic E-state index is -0.498. The summed E-state index contributed by atoms with van der Waals surface area (Å²) in [7, 11) is 0. The van der Waals surface area contributed by atoms with Crippen LogP contribution in [-0.4, -0.2) is 22.6 Å². The van der Waals surface area contributed by atoms with Gasteiger partial charge in [-0.3, -0.25) is 4.79 Å². The molecule has 0 aliphatic rings. The Labute approximate surface area is 115 Å². The van der Waals surface area contributed by atoms with E-state index >= 15 is 0 Å². The topological polar surface area (TPSA) is 94.0 Å². The Kier molecular flexibility index (Phi) is 3.97. The summed E-state index contributed by atoms with van der Waals surface area (Å²) in [5, 5.41) is 6.28. The number of anilines is 1. The fourth-order valence-corrected chi connectivity index (χ4v) is 1.66. The van der Waals surface area contributed by atoms with Crippen LogP contribution in [0.4, 0.5) is 10.1 Å². The molecule has 0 bridgehead atoms. The van der Waals surface area contributed by atoms with Gasteiger partial charge in [-0.25, -0.2) is 4.39 Å². The molecule has 0 aliphatic heterocycles. The predicted octanol–water partition coefficient (Wildman–Crippen LogP) is 1.38. The average molecular weight is 278 g/mol. The molecule has 6 nitrogen and oxygen atoms in total. The van der Waals surface area contributed by atoms with E-state index < -0.39 is 11.7 Å². The van der Waals surface area contributed by atoms with Crippen molar-refractivity contribution < 1.29 is 13.7 Å². The van der Waals surface area contributed by atoms with Crippen LogP contribution in [0, 0.1) is 19.7 Å². The molecular formula is C13H15FN4O2. The fraction of sp³-hybridized carbons (Fsp3) is 0.308. The number of benzene rings is 1. The lowest BCUT2D eigenvalue weighted by Crippen LogP contribution is -2.26. The highest BCUT2D eigenvalue weighted by atomic mass is 19.1. The van der Waals surface area contributed by atoms with Gasteiger partial charge in [-0.2, -0.15) is 4.98 Å². The Balaban J connectivity index is 1.95. The molecule has 0 radical (unpaired) electrons. The molecule has 3 N–H and O–H groups in total. The molecule has 0 atom stereocenters. The SMILES string of the molecule is Cc1noc(CCNC(=O)c2cc(N)c(C)c(F)c2)n1.